The van der Waals surface area contributed by atoms with E-state index in [1.54, 1.807) is 4.90 Å². The second-order valence-electron chi connectivity index (χ2n) is 5.87. The number of anilines is 1. The van der Waals surface area contributed by atoms with E-state index in [2.05, 4.69) is 0 Å². The molecule has 0 N–H and O–H groups in total. The predicted molar refractivity (Wildman–Crippen MR) is 114 cm³/mol. The Morgan fingerprint density at radius 3 is 2.15 bits per heavy atom. The first-order chi connectivity index (χ1) is 13.2. The number of amidine groups is 1. The maximum absolute atomic E-state index is 13.1. The summed E-state index contributed by atoms with van der Waals surface area (Å²) in [5.74, 6) is -0.0872. The molecular weight excluding hydrogens is 376 g/mol. The van der Waals surface area contributed by atoms with E-state index in [0.29, 0.717) is 15.1 Å². The predicted octanol–water partition coefficient (Wildman–Crippen LogP) is 6.15. The van der Waals surface area contributed by atoms with Crippen molar-refractivity contribution in [2.24, 2.45) is 4.99 Å². The zero-order chi connectivity index (χ0) is 18.6. The van der Waals surface area contributed by atoms with E-state index in [4.69, 9.17) is 16.6 Å². The van der Waals surface area contributed by atoms with Crippen LogP contribution in [0.25, 0.3) is 6.08 Å². The van der Waals surface area contributed by atoms with Gasteiger partial charge in [-0.15, -0.1) is 0 Å². The van der Waals surface area contributed by atoms with Gasteiger partial charge in [-0.05, 0) is 59.8 Å². The Kier molecular flexibility index (Phi) is 5.10. The maximum Gasteiger partial charge on any atom is 0.271 e. The summed E-state index contributed by atoms with van der Waals surface area (Å²) in [6, 6.07) is 26.6. The summed E-state index contributed by atoms with van der Waals surface area (Å²) in [6.45, 7) is 0. The molecule has 0 radical (unpaired) electrons. The molecule has 0 bridgehead atoms. The van der Waals surface area contributed by atoms with Crippen molar-refractivity contribution in [2.45, 2.75) is 0 Å². The smallest absolute Gasteiger partial charge is 0.268 e. The maximum atomic E-state index is 13.1. The van der Waals surface area contributed by atoms with Gasteiger partial charge in [-0.1, -0.05) is 60.1 Å². The fourth-order valence-corrected chi connectivity index (χ4v) is 3.80. The van der Waals surface area contributed by atoms with Crippen LogP contribution in [0, 0.1) is 0 Å². The average molecular weight is 391 g/mol. The Morgan fingerprint density at radius 1 is 0.852 bits per heavy atom. The third-order valence-corrected chi connectivity index (χ3v) is 5.19. The molecule has 3 aromatic rings. The number of thioether (sulfide) groups is 1. The van der Waals surface area contributed by atoms with Gasteiger partial charge in [0.05, 0.1) is 16.3 Å². The fourth-order valence-electron chi connectivity index (χ4n) is 2.68. The SMILES string of the molecule is O=C1/C(=C\c2ccc(Cl)cc2)S/C(=N\c2ccccc2)N1c1ccccc1. The van der Waals surface area contributed by atoms with Crippen molar-refractivity contribution >= 4 is 51.9 Å². The zero-order valence-corrected chi connectivity index (χ0v) is 15.8. The molecule has 1 heterocycles. The van der Waals surface area contributed by atoms with Crippen molar-refractivity contribution in [1.29, 1.82) is 0 Å². The lowest BCUT2D eigenvalue weighted by atomic mass is 10.2. The highest BCUT2D eigenvalue weighted by Gasteiger charge is 2.34. The van der Waals surface area contributed by atoms with Gasteiger partial charge in [-0.25, -0.2) is 4.99 Å². The first kappa shape index (κ1) is 17.6. The van der Waals surface area contributed by atoms with Crippen molar-refractivity contribution in [3.63, 3.8) is 0 Å². The van der Waals surface area contributed by atoms with Crippen LogP contribution in [0.1, 0.15) is 5.56 Å². The highest BCUT2D eigenvalue weighted by molar-refractivity contribution is 8.19. The molecular formula is C22H15ClN2OS. The van der Waals surface area contributed by atoms with Crippen LogP contribution < -0.4 is 4.90 Å². The minimum absolute atomic E-state index is 0.0872. The molecule has 0 aliphatic carbocycles. The molecule has 27 heavy (non-hydrogen) atoms. The molecule has 1 aliphatic heterocycles. The number of halogens is 1. The van der Waals surface area contributed by atoms with Crippen LogP contribution >= 0.6 is 23.4 Å². The summed E-state index contributed by atoms with van der Waals surface area (Å²) in [5.41, 5.74) is 2.52. The number of aliphatic imine (C=N–C) groups is 1. The molecule has 0 unspecified atom stereocenters. The number of hydrogen-bond acceptors (Lipinski definition) is 3. The van der Waals surface area contributed by atoms with E-state index in [1.165, 1.54) is 11.8 Å². The monoisotopic (exact) mass is 390 g/mol. The van der Waals surface area contributed by atoms with E-state index in [0.717, 1.165) is 16.9 Å². The molecule has 0 spiro atoms. The quantitative estimate of drug-likeness (QED) is 0.502. The van der Waals surface area contributed by atoms with Crippen LogP contribution in [-0.4, -0.2) is 11.1 Å². The lowest BCUT2D eigenvalue weighted by Gasteiger charge is -2.15. The van der Waals surface area contributed by atoms with E-state index >= 15 is 0 Å². The van der Waals surface area contributed by atoms with Gasteiger partial charge >= 0.3 is 0 Å². The first-order valence-corrected chi connectivity index (χ1v) is 9.58. The van der Waals surface area contributed by atoms with Crippen molar-refractivity contribution in [3.8, 4) is 0 Å². The molecule has 1 aliphatic rings. The van der Waals surface area contributed by atoms with Gasteiger partial charge in [0.2, 0.25) is 0 Å². The number of benzene rings is 3. The number of carbonyl (C=O) groups is 1. The summed E-state index contributed by atoms with van der Waals surface area (Å²) in [7, 11) is 0. The Labute approximate surface area is 167 Å². The molecule has 1 saturated heterocycles. The number of carbonyl (C=O) groups excluding carboxylic acids is 1. The van der Waals surface area contributed by atoms with Crippen LogP contribution in [0.2, 0.25) is 5.02 Å². The normalized spacial score (nSPS) is 17.1. The summed E-state index contributed by atoms with van der Waals surface area (Å²) in [6.07, 6.45) is 1.87. The summed E-state index contributed by atoms with van der Waals surface area (Å²) >= 11 is 7.32. The number of hydrogen-bond donors (Lipinski definition) is 0. The molecule has 3 aromatic carbocycles. The van der Waals surface area contributed by atoms with E-state index in [-0.39, 0.29) is 5.91 Å². The average Bonchev–Trinajstić information content (AvgIpc) is 3.00. The molecule has 1 amide bonds. The minimum Gasteiger partial charge on any atom is -0.268 e. The zero-order valence-electron chi connectivity index (χ0n) is 14.2. The van der Waals surface area contributed by atoms with Gasteiger partial charge in [-0.2, -0.15) is 0 Å². The van der Waals surface area contributed by atoms with Gasteiger partial charge in [0.15, 0.2) is 5.17 Å². The third kappa shape index (κ3) is 3.97. The Bertz CT molecular complexity index is 1020. The molecule has 1 fully saturated rings. The van der Waals surface area contributed by atoms with Crippen molar-refractivity contribution < 1.29 is 4.79 Å². The molecule has 0 aromatic heterocycles. The highest BCUT2D eigenvalue weighted by Crippen LogP contribution is 2.37. The number of para-hydroxylation sites is 2. The summed E-state index contributed by atoms with van der Waals surface area (Å²) in [5, 5.41) is 1.30. The van der Waals surface area contributed by atoms with Crippen LogP contribution in [0.15, 0.2) is 94.8 Å². The van der Waals surface area contributed by atoms with Gasteiger partial charge in [0, 0.05) is 5.02 Å². The molecule has 3 nitrogen and oxygen atoms in total. The van der Waals surface area contributed by atoms with E-state index in [9.17, 15) is 4.79 Å². The molecule has 132 valence electrons. The van der Waals surface area contributed by atoms with Crippen LogP contribution in [0.4, 0.5) is 11.4 Å². The second kappa shape index (κ2) is 7.82. The fraction of sp³-hybridized carbons (Fsp3) is 0. The van der Waals surface area contributed by atoms with E-state index in [1.807, 2.05) is 91.0 Å². The molecule has 0 saturated carbocycles. The molecule has 0 atom stereocenters. The Balaban J connectivity index is 1.76. The topological polar surface area (TPSA) is 32.7 Å². The molecule has 4 rings (SSSR count). The largest absolute Gasteiger partial charge is 0.271 e. The molecule has 5 heteroatoms. The lowest BCUT2D eigenvalue weighted by molar-refractivity contribution is -0.113. The van der Waals surface area contributed by atoms with E-state index < -0.39 is 0 Å². The van der Waals surface area contributed by atoms with Crippen LogP contribution in [0.3, 0.4) is 0 Å². The standard InChI is InChI=1S/C22H15ClN2OS/c23-17-13-11-16(12-14-17)15-20-21(26)25(19-9-5-2-6-10-19)22(27-20)24-18-7-3-1-4-8-18/h1-15H/b20-15+,24-22-. The van der Waals surface area contributed by atoms with Gasteiger partial charge in [-0.3, -0.25) is 9.69 Å². The highest BCUT2D eigenvalue weighted by atomic mass is 35.5. The van der Waals surface area contributed by atoms with Gasteiger partial charge in [0.1, 0.15) is 0 Å². The number of amides is 1. The number of nitrogens with zero attached hydrogens (tertiary/aromatic N) is 2. The Morgan fingerprint density at radius 2 is 1.48 bits per heavy atom. The third-order valence-electron chi connectivity index (χ3n) is 3.97. The van der Waals surface area contributed by atoms with Crippen molar-refractivity contribution in [2.75, 3.05) is 4.90 Å². The minimum atomic E-state index is -0.0872. The first-order valence-electron chi connectivity index (χ1n) is 8.39. The van der Waals surface area contributed by atoms with Crippen LogP contribution in [-0.2, 0) is 4.79 Å². The van der Waals surface area contributed by atoms with Gasteiger partial charge < -0.3 is 0 Å². The van der Waals surface area contributed by atoms with Crippen molar-refractivity contribution in [1.82, 2.24) is 0 Å². The van der Waals surface area contributed by atoms with Crippen LogP contribution in [0.5, 0.6) is 0 Å². The summed E-state index contributed by atoms with van der Waals surface area (Å²) in [4.78, 5) is 20.1. The van der Waals surface area contributed by atoms with Gasteiger partial charge in [0.25, 0.3) is 5.91 Å². The lowest BCUT2D eigenvalue weighted by Crippen LogP contribution is -2.28. The Hall–Kier alpha value is -2.82. The second-order valence-corrected chi connectivity index (χ2v) is 7.31. The summed E-state index contributed by atoms with van der Waals surface area (Å²) < 4.78 is 0. The number of rotatable bonds is 3. The van der Waals surface area contributed by atoms with Crippen molar-refractivity contribution in [3.05, 3.63) is 100 Å².